The van der Waals surface area contributed by atoms with Crippen molar-refractivity contribution in [1.82, 2.24) is 15.5 Å². The number of guanidine groups is 1. The maximum atomic E-state index is 13.9. The molecule has 9 heteroatoms. The Kier molecular flexibility index (Phi) is 11.5. The summed E-state index contributed by atoms with van der Waals surface area (Å²) in [5.74, 6) is -0.0966. The Hall–Kier alpha value is -4.71. The number of rotatable bonds is 9. The van der Waals surface area contributed by atoms with Crippen LogP contribution in [0.15, 0.2) is 82.5 Å². The van der Waals surface area contributed by atoms with Gasteiger partial charge < -0.3 is 4.74 Å². The average molecular weight is 518 g/mol. The van der Waals surface area contributed by atoms with Crippen LogP contribution >= 0.6 is 0 Å². The minimum absolute atomic E-state index is 0.0254. The number of allylic oxidation sites excluding steroid dienone is 5. The Morgan fingerprint density at radius 3 is 2.47 bits per heavy atom. The van der Waals surface area contributed by atoms with E-state index in [0.29, 0.717) is 29.1 Å². The summed E-state index contributed by atoms with van der Waals surface area (Å²) in [5, 5.41) is 14.3. The first-order valence-corrected chi connectivity index (χ1v) is 12.0. The van der Waals surface area contributed by atoms with Crippen LogP contribution < -0.4 is 15.4 Å². The van der Waals surface area contributed by atoms with E-state index < -0.39 is 11.8 Å². The monoisotopic (exact) mass is 517 g/mol. The van der Waals surface area contributed by atoms with Crippen LogP contribution in [0.25, 0.3) is 0 Å². The molecule has 0 unspecified atom stereocenters. The summed E-state index contributed by atoms with van der Waals surface area (Å²) >= 11 is 0. The van der Waals surface area contributed by atoms with Crippen molar-refractivity contribution in [2.75, 3.05) is 7.11 Å². The van der Waals surface area contributed by atoms with Gasteiger partial charge >= 0.3 is 6.03 Å². The predicted octanol–water partition coefficient (Wildman–Crippen LogP) is 5.86. The van der Waals surface area contributed by atoms with Crippen LogP contribution in [0.1, 0.15) is 45.2 Å². The lowest BCUT2D eigenvalue weighted by atomic mass is 10.1. The second-order valence-electron chi connectivity index (χ2n) is 8.31. The van der Waals surface area contributed by atoms with Gasteiger partial charge in [0.05, 0.1) is 24.9 Å². The fraction of sp³-hybridized carbons (Fsp3) is 0.241. The number of halogens is 1. The zero-order valence-corrected chi connectivity index (χ0v) is 22.2. The maximum absolute atomic E-state index is 13.9. The van der Waals surface area contributed by atoms with Crippen molar-refractivity contribution < 1.29 is 18.7 Å². The molecule has 0 aromatic heterocycles. The number of aliphatic imine (C=N–C) groups is 1. The van der Waals surface area contributed by atoms with Crippen LogP contribution in [-0.2, 0) is 11.3 Å². The first kappa shape index (κ1) is 29.5. The molecule has 38 heavy (non-hydrogen) atoms. The molecule has 0 saturated carbocycles. The molecule has 2 N–H and O–H groups in total. The third-order valence-corrected chi connectivity index (χ3v) is 5.49. The van der Waals surface area contributed by atoms with E-state index in [1.807, 2.05) is 32.1 Å². The van der Waals surface area contributed by atoms with Gasteiger partial charge in [-0.3, -0.25) is 20.3 Å². The number of carbonyl (C=O) groups excluding carboxylic acids is 2. The number of hydrogen-bond acceptors (Lipinski definition) is 5. The summed E-state index contributed by atoms with van der Waals surface area (Å²) in [6.07, 6.45) is 6.93. The number of nitriles is 1. The molecule has 2 rings (SSSR count). The van der Waals surface area contributed by atoms with Gasteiger partial charge in [-0.05, 0) is 80.8 Å². The van der Waals surface area contributed by atoms with Crippen LogP contribution in [0.3, 0.4) is 0 Å². The Labute approximate surface area is 222 Å². The minimum Gasteiger partial charge on any atom is -0.497 e. The topological polar surface area (TPSA) is 107 Å². The van der Waals surface area contributed by atoms with E-state index in [4.69, 9.17) is 4.74 Å². The van der Waals surface area contributed by atoms with Crippen molar-refractivity contribution >= 4 is 24.1 Å². The summed E-state index contributed by atoms with van der Waals surface area (Å²) < 4.78 is 19.1. The van der Waals surface area contributed by atoms with Gasteiger partial charge in [0.1, 0.15) is 17.6 Å². The number of methoxy groups -OCH3 is 1. The highest BCUT2D eigenvalue weighted by Crippen LogP contribution is 2.20. The molecule has 0 heterocycles. The number of hydrogen-bond donors (Lipinski definition) is 2. The highest BCUT2D eigenvalue weighted by molar-refractivity contribution is 6.01. The fourth-order valence-corrected chi connectivity index (χ4v) is 3.41. The second kappa shape index (κ2) is 14.8. The maximum Gasteiger partial charge on any atom is 0.328 e. The number of urea groups is 1. The van der Waals surface area contributed by atoms with Crippen molar-refractivity contribution in [2.24, 2.45) is 4.99 Å². The highest BCUT2D eigenvalue weighted by Gasteiger charge is 2.20. The van der Waals surface area contributed by atoms with E-state index in [-0.39, 0.29) is 18.1 Å². The molecule has 0 spiro atoms. The minimum atomic E-state index is -0.640. The lowest BCUT2D eigenvalue weighted by molar-refractivity contribution is -0.108. The van der Waals surface area contributed by atoms with Crippen LogP contribution in [0.2, 0.25) is 0 Å². The summed E-state index contributed by atoms with van der Waals surface area (Å²) in [4.78, 5) is 30.5. The van der Waals surface area contributed by atoms with E-state index in [0.717, 1.165) is 12.0 Å². The second-order valence-corrected chi connectivity index (χ2v) is 8.31. The van der Waals surface area contributed by atoms with Crippen molar-refractivity contribution in [1.29, 1.82) is 5.26 Å². The van der Waals surface area contributed by atoms with E-state index >= 15 is 0 Å². The molecule has 0 bridgehead atoms. The third kappa shape index (κ3) is 8.75. The smallest absolute Gasteiger partial charge is 0.328 e. The highest BCUT2D eigenvalue weighted by atomic mass is 19.1. The molecule has 0 radical (unpaired) electrons. The van der Waals surface area contributed by atoms with Crippen molar-refractivity contribution in [2.45, 2.75) is 40.7 Å². The molecule has 0 aliphatic heterocycles. The summed E-state index contributed by atoms with van der Waals surface area (Å²) in [7, 11) is 1.54. The number of nitrogens with one attached hydrogen (secondary N) is 2. The molecule has 0 aliphatic carbocycles. The van der Waals surface area contributed by atoms with Gasteiger partial charge in [-0.2, -0.15) is 5.26 Å². The summed E-state index contributed by atoms with van der Waals surface area (Å²) in [6, 6.07) is 12.1. The SMILES string of the molecule is C\C=C(/C=C(C)\C=C(/C)CC)N(Cc1ccc(F)c(C#N)c1)C(=O)NC(=Nc1ccc(OC)cc1)NC=O. The molecular formula is C29H32FN5O3. The molecular weight excluding hydrogens is 485 g/mol. The molecule has 8 nitrogen and oxygen atoms in total. The van der Waals surface area contributed by atoms with Gasteiger partial charge in [-0.1, -0.05) is 30.7 Å². The summed E-state index contributed by atoms with van der Waals surface area (Å²) in [5.41, 5.74) is 3.54. The van der Waals surface area contributed by atoms with Gasteiger partial charge in [0.25, 0.3) is 0 Å². The molecule has 0 saturated heterocycles. The Morgan fingerprint density at radius 1 is 1.18 bits per heavy atom. The van der Waals surface area contributed by atoms with E-state index in [2.05, 4.69) is 22.5 Å². The first-order valence-electron chi connectivity index (χ1n) is 12.0. The van der Waals surface area contributed by atoms with Crippen LogP contribution in [0.5, 0.6) is 5.75 Å². The van der Waals surface area contributed by atoms with Gasteiger partial charge in [-0.25, -0.2) is 14.2 Å². The quantitative estimate of drug-likeness (QED) is 0.188. The van der Waals surface area contributed by atoms with Crippen molar-refractivity contribution in [3.63, 3.8) is 0 Å². The molecule has 2 aromatic rings. The largest absolute Gasteiger partial charge is 0.497 e. The molecule has 198 valence electrons. The predicted molar refractivity (Wildman–Crippen MR) is 146 cm³/mol. The molecule has 3 amide bonds. The zero-order chi connectivity index (χ0) is 28.1. The van der Waals surface area contributed by atoms with Crippen LogP contribution in [-0.4, -0.2) is 30.4 Å². The average Bonchev–Trinajstić information content (AvgIpc) is 2.91. The Morgan fingerprint density at radius 2 is 1.89 bits per heavy atom. The third-order valence-electron chi connectivity index (χ3n) is 5.49. The van der Waals surface area contributed by atoms with E-state index in [1.165, 1.54) is 28.7 Å². The number of amides is 3. The summed E-state index contributed by atoms with van der Waals surface area (Å²) in [6.45, 7) is 7.82. The van der Waals surface area contributed by atoms with Gasteiger partial charge in [0.2, 0.25) is 12.4 Å². The molecule has 0 atom stereocenters. The number of ether oxygens (including phenoxy) is 1. The Bertz CT molecular complexity index is 1300. The van der Waals surface area contributed by atoms with Crippen molar-refractivity contribution in [3.05, 3.63) is 94.5 Å². The van der Waals surface area contributed by atoms with Gasteiger partial charge in [-0.15, -0.1) is 0 Å². The van der Waals surface area contributed by atoms with Crippen LogP contribution in [0, 0.1) is 17.1 Å². The lowest BCUT2D eigenvalue weighted by Gasteiger charge is -2.25. The zero-order valence-electron chi connectivity index (χ0n) is 22.2. The number of nitrogens with zero attached hydrogens (tertiary/aromatic N) is 3. The molecule has 0 fully saturated rings. The normalized spacial score (nSPS) is 12.4. The molecule has 2 aromatic carbocycles. The van der Waals surface area contributed by atoms with Crippen molar-refractivity contribution in [3.8, 4) is 11.8 Å². The number of benzene rings is 2. The number of carbonyl (C=O) groups is 2. The standard InChI is InChI=1S/C29H32FN5O3/c1-6-20(3)14-21(4)15-25(7-2)35(18-22-8-13-27(30)23(16-22)17-31)29(37)34-28(32-19-36)33-24-9-11-26(38-5)12-10-24/h7-16,19H,6,18H2,1-5H3,(H2,32,33,34,36,37)/b20-14+,21-15-,25-7+. The molecule has 0 aliphatic rings. The van der Waals surface area contributed by atoms with Gasteiger partial charge in [0.15, 0.2) is 0 Å². The van der Waals surface area contributed by atoms with Crippen LogP contribution in [0.4, 0.5) is 14.9 Å². The van der Waals surface area contributed by atoms with E-state index in [9.17, 15) is 19.2 Å². The first-order chi connectivity index (χ1) is 18.2. The lowest BCUT2D eigenvalue weighted by Crippen LogP contribution is -2.46. The fourth-order valence-electron chi connectivity index (χ4n) is 3.41. The Balaban J connectivity index is 2.48. The van der Waals surface area contributed by atoms with E-state index in [1.54, 1.807) is 44.4 Å². The van der Waals surface area contributed by atoms with Gasteiger partial charge in [0, 0.05) is 5.70 Å².